The van der Waals surface area contributed by atoms with Gasteiger partial charge >= 0.3 is 0 Å². The second-order valence-electron chi connectivity index (χ2n) is 20.2. The van der Waals surface area contributed by atoms with E-state index in [1.807, 2.05) is 88.4 Å². The lowest BCUT2D eigenvalue weighted by molar-refractivity contribution is -0.142. The Morgan fingerprint density at radius 3 is 1.30 bits per heavy atom. The number of hydrogen-bond donors (Lipinski definition) is 6. The van der Waals surface area contributed by atoms with E-state index in [1.54, 1.807) is 61.3 Å². The van der Waals surface area contributed by atoms with E-state index in [1.165, 1.54) is 0 Å². The summed E-state index contributed by atoms with van der Waals surface area (Å²) in [6, 6.07) is 15.5. The Bertz CT molecular complexity index is 1960. The average molecular weight is 995 g/mol. The molecule has 2 aromatic rings. The number of carbonyl (C=O) groups excluding carboxylic acids is 6. The number of carbonyl (C=O) groups is 6. The molecule has 6 rings (SSSR count). The highest BCUT2D eigenvalue weighted by Gasteiger charge is 2.57. The molecule has 17 nitrogen and oxygen atoms in total. The number of fused-ring (bicyclic) bond motifs is 2. The van der Waals surface area contributed by atoms with E-state index in [4.69, 9.17) is 25.7 Å². The lowest BCUT2D eigenvalue weighted by Crippen LogP contribution is -2.57. The fourth-order valence-electron chi connectivity index (χ4n) is 10.4. The van der Waals surface area contributed by atoms with Gasteiger partial charge in [0, 0.05) is 22.3 Å². The fourth-order valence-corrected chi connectivity index (χ4v) is 14.4. The van der Waals surface area contributed by atoms with E-state index in [-0.39, 0.29) is 56.7 Å². The van der Waals surface area contributed by atoms with Crippen LogP contribution >= 0.6 is 23.5 Å². The number of ether oxygens (including phenoxy) is 3. The second kappa shape index (κ2) is 23.8. The monoisotopic (exact) mass is 995 g/mol. The molecular formula is C50H74N8O9S2. The normalized spacial score (nSPS) is 28.1. The van der Waals surface area contributed by atoms with Crippen molar-refractivity contribution in [1.82, 2.24) is 31.1 Å². The van der Waals surface area contributed by atoms with Crippen LogP contribution in [-0.2, 0) is 43.0 Å². The molecule has 8 N–H and O–H groups in total. The minimum absolute atomic E-state index is 0.167. The molecule has 0 bridgehead atoms. The van der Waals surface area contributed by atoms with Crippen molar-refractivity contribution in [3.8, 4) is 0 Å². The van der Waals surface area contributed by atoms with Gasteiger partial charge in [0.25, 0.3) is 0 Å². The van der Waals surface area contributed by atoms with Crippen molar-refractivity contribution in [2.24, 2.45) is 22.3 Å². The lowest BCUT2D eigenvalue weighted by Gasteiger charge is -2.32. The van der Waals surface area contributed by atoms with E-state index < -0.39 is 58.9 Å². The summed E-state index contributed by atoms with van der Waals surface area (Å²) in [5.41, 5.74) is 12.8. The van der Waals surface area contributed by atoms with Crippen molar-refractivity contribution < 1.29 is 43.0 Å². The number of nitrogens with one attached hydrogen (secondary N) is 4. The van der Waals surface area contributed by atoms with E-state index in [0.717, 1.165) is 11.1 Å². The summed E-state index contributed by atoms with van der Waals surface area (Å²) in [5.74, 6) is -2.70. The van der Waals surface area contributed by atoms with Gasteiger partial charge in [-0.15, -0.1) is 23.5 Å². The molecule has 0 radical (unpaired) electrons. The molecule has 19 heteroatoms. The van der Waals surface area contributed by atoms with Gasteiger partial charge in [-0.1, -0.05) is 88.4 Å². The summed E-state index contributed by atoms with van der Waals surface area (Å²) in [5, 5.41) is 10.9. The molecule has 6 amide bonds. The maximum atomic E-state index is 14.3. The van der Waals surface area contributed by atoms with E-state index in [0.29, 0.717) is 65.3 Å². The van der Waals surface area contributed by atoms with Crippen LogP contribution in [0.15, 0.2) is 60.7 Å². The van der Waals surface area contributed by atoms with Crippen molar-refractivity contribution in [2.75, 3.05) is 53.7 Å². The maximum absolute atomic E-state index is 14.3. The molecule has 2 aromatic carbocycles. The first kappa shape index (κ1) is 54.1. The highest BCUT2D eigenvalue weighted by molar-refractivity contribution is 8.00. The smallest absolute Gasteiger partial charge is 0.246 e. The molecule has 4 aliphatic rings. The molecule has 0 aliphatic carbocycles. The molecule has 0 saturated carbocycles. The van der Waals surface area contributed by atoms with Crippen LogP contribution in [-0.4, -0.2) is 156 Å². The molecule has 0 aromatic heterocycles. The van der Waals surface area contributed by atoms with Crippen molar-refractivity contribution in [2.45, 2.75) is 137 Å². The zero-order chi connectivity index (χ0) is 50.2. The minimum atomic E-state index is -0.876. The van der Waals surface area contributed by atoms with Gasteiger partial charge in [-0.3, -0.25) is 28.8 Å². The van der Waals surface area contributed by atoms with Gasteiger partial charge in [0.05, 0.1) is 62.5 Å². The number of rotatable bonds is 22. The standard InChI is InChI=1S/C50H74N8O9S2/c1-29(53-7)45(61)55-35-23-37(68-39-25-49(3,4)41(43(51)59)57(39)47(35)63)33(31-15-11-9-12-16-31)27-66-21-19-65-20-22-67-28-34(32-17-13-10-14-18-32)38-24-36(56-46(62)30(2)54-8)48(64)58-40(69-38)26-50(5,6)42(58)44(52)60/h9-18,29-30,33-42,53-54H,19-28H2,1-8H3,(H2,51,59)(H2,52,60)(H,55,61)(H,56,62)/t29-,30-,33+,34+,35?,36?,37?,38?,39?,40?,41?,42?/m0/s1. The number of likely N-dealkylation sites (N-methyl/N-ethyl adjacent to an activating group) is 2. The molecule has 8 unspecified atom stereocenters. The fraction of sp³-hybridized carbons (Fsp3) is 0.640. The molecule has 12 atom stereocenters. The molecule has 0 spiro atoms. The molecule has 4 heterocycles. The molecule has 4 fully saturated rings. The van der Waals surface area contributed by atoms with Gasteiger partial charge in [-0.25, -0.2) is 0 Å². The van der Waals surface area contributed by atoms with Crippen LogP contribution in [0.5, 0.6) is 0 Å². The first-order chi connectivity index (χ1) is 32.8. The van der Waals surface area contributed by atoms with Gasteiger partial charge < -0.3 is 56.7 Å². The van der Waals surface area contributed by atoms with E-state index in [9.17, 15) is 28.8 Å². The van der Waals surface area contributed by atoms with Crippen LogP contribution in [0.25, 0.3) is 0 Å². The van der Waals surface area contributed by atoms with Crippen LogP contribution in [0, 0.1) is 10.8 Å². The Hall–Kier alpha value is -4.24. The van der Waals surface area contributed by atoms with E-state index >= 15 is 0 Å². The van der Waals surface area contributed by atoms with Crippen molar-refractivity contribution in [1.29, 1.82) is 0 Å². The van der Waals surface area contributed by atoms with Crippen LogP contribution in [0.3, 0.4) is 0 Å². The van der Waals surface area contributed by atoms with Crippen LogP contribution in [0.2, 0.25) is 0 Å². The van der Waals surface area contributed by atoms with Gasteiger partial charge in [-0.2, -0.15) is 0 Å². The first-order valence-electron chi connectivity index (χ1n) is 24.1. The first-order valence-corrected chi connectivity index (χ1v) is 26.0. The zero-order valence-corrected chi connectivity index (χ0v) is 42.9. The van der Waals surface area contributed by atoms with Crippen molar-refractivity contribution >= 4 is 59.0 Å². The summed E-state index contributed by atoms with van der Waals surface area (Å²) in [6.45, 7) is 13.1. The number of nitrogens with zero attached hydrogens (tertiary/aromatic N) is 2. The third kappa shape index (κ3) is 12.8. The third-order valence-corrected chi connectivity index (χ3v) is 17.4. The topological polar surface area (TPSA) is 237 Å². The van der Waals surface area contributed by atoms with Crippen molar-refractivity contribution in [3.63, 3.8) is 0 Å². The SMILES string of the molecule is CN[C@@H](C)C(=O)NC1CC([C@H](COCCOCCOC[C@H](c2ccccc2)C2CC(NC(=O)[C@H](C)NC)C(=O)N3C(CC(C)(C)C3C(N)=O)S2)c2ccccc2)SC2CC(C)(C)C(C(N)=O)N2C1=O. The number of nitrogens with two attached hydrogens (primary N) is 2. The summed E-state index contributed by atoms with van der Waals surface area (Å²) in [4.78, 5) is 84.2. The predicted octanol–water partition coefficient (Wildman–Crippen LogP) is 2.68. The van der Waals surface area contributed by atoms with Gasteiger partial charge in [0.1, 0.15) is 24.2 Å². The van der Waals surface area contributed by atoms with Gasteiger partial charge in [0.2, 0.25) is 35.4 Å². The summed E-state index contributed by atoms with van der Waals surface area (Å²) in [7, 11) is 3.37. The number of amides is 6. The van der Waals surface area contributed by atoms with Gasteiger partial charge in [0.15, 0.2) is 0 Å². The summed E-state index contributed by atoms with van der Waals surface area (Å²) in [6.07, 6.45) is 1.79. The Balaban J connectivity index is 1.09. The largest absolute Gasteiger partial charge is 0.378 e. The highest BCUT2D eigenvalue weighted by atomic mass is 32.2. The number of benzene rings is 2. The third-order valence-electron chi connectivity index (χ3n) is 14.3. The average Bonchev–Trinajstić information content (AvgIpc) is 3.66. The number of primary amides is 2. The molecular weight excluding hydrogens is 921 g/mol. The van der Waals surface area contributed by atoms with Crippen LogP contribution in [0.1, 0.15) is 90.2 Å². The number of thioether (sulfide) groups is 2. The van der Waals surface area contributed by atoms with Crippen molar-refractivity contribution in [3.05, 3.63) is 71.8 Å². The summed E-state index contributed by atoms with van der Waals surface area (Å²) >= 11 is 3.28. The summed E-state index contributed by atoms with van der Waals surface area (Å²) < 4.78 is 18.7. The van der Waals surface area contributed by atoms with Gasteiger partial charge in [-0.05, 0) is 75.6 Å². The molecule has 4 saturated heterocycles. The van der Waals surface area contributed by atoms with Crippen LogP contribution < -0.4 is 32.7 Å². The maximum Gasteiger partial charge on any atom is 0.246 e. The minimum Gasteiger partial charge on any atom is -0.378 e. The molecule has 69 heavy (non-hydrogen) atoms. The van der Waals surface area contributed by atoms with E-state index in [2.05, 4.69) is 21.3 Å². The Morgan fingerprint density at radius 2 is 0.971 bits per heavy atom. The number of hydrogen-bond acceptors (Lipinski definition) is 13. The Morgan fingerprint density at radius 1 is 0.623 bits per heavy atom. The van der Waals surface area contributed by atoms with Crippen LogP contribution in [0.4, 0.5) is 0 Å². The Labute approximate surface area is 415 Å². The lowest BCUT2D eigenvalue weighted by atomic mass is 9.84. The predicted molar refractivity (Wildman–Crippen MR) is 268 cm³/mol. The quantitative estimate of drug-likeness (QED) is 0.0933. The highest BCUT2D eigenvalue weighted by Crippen LogP contribution is 2.51. The second-order valence-corrected chi connectivity index (χ2v) is 23.0. The molecule has 4 aliphatic heterocycles. The zero-order valence-electron chi connectivity index (χ0n) is 41.3. The Kier molecular flexibility index (Phi) is 18.6. The molecule has 380 valence electrons.